The van der Waals surface area contributed by atoms with Gasteiger partial charge in [0, 0.05) is 31.4 Å². The molecule has 0 fully saturated rings. The summed E-state index contributed by atoms with van der Waals surface area (Å²) in [5.41, 5.74) is 6.45. The van der Waals surface area contributed by atoms with Crippen LogP contribution in [0.1, 0.15) is 12.2 Å². The van der Waals surface area contributed by atoms with Gasteiger partial charge in [-0.25, -0.2) is 0 Å². The number of hydrogen-bond acceptors (Lipinski definition) is 5. The lowest BCUT2D eigenvalue weighted by atomic mass is 10.3. The Morgan fingerprint density at radius 1 is 1.30 bits per heavy atom. The lowest BCUT2D eigenvalue weighted by molar-refractivity contribution is 0.195. The van der Waals surface area contributed by atoms with Gasteiger partial charge in [0.2, 0.25) is 0 Å². The van der Waals surface area contributed by atoms with E-state index in [1.54, 1.807) is 6.33 Å². The minimum absolute atomic E-state index is 0.701. The van der Waals surface area contributed by atoms with Crippen molar-refractivity contribution < 1.29 is 4.74 Å². The van der Waals surface area contributed by atoms with Gasteiger partial charge in [0.25, 0.3) is 0 Å². The number of nitrogen functional groups attached to an aromatic ring is 1. The predicted octanol–water partition coefficient (Wildman–Crippen LogP) is 1.14. The summed E-state index contributed by atoms with van der Waals surface area (Å²) in [6.07, 6.45) is 2.79. The van der Waals surface area contributed by atoms with Crippen molar-refractivity contribution in [1.82, 2.24) is 19.7 Å². The second-order valence-corrected chi connectivity index (χ2v) is 4.99. The van der Waals surface area contributed by atoms with Gasteiger partial charge in [-0.2, -0.15) is 0 Å². The molecule has 2 aromatic rings. The molecule has 0 unspecified atom stereocenters. The number of anilines is 1. The van der Waals surface area contributed by atoms with E-state index >= 15 is 0 Å². The van der Waals surface area contributed by atoms with Crippen LogP contribution in [-0.4, -0.2) is 39.4 Å². The predicted molar refractivity (Wildman–Crippen MR) is 76.3 cm³/mol. The molecule has 0 saturated carbocycles. The zero-order chi connectivity index (χ0) is 13.8. The summed E-state index contributed by atoms with van der Waals surface area (Å²) in [5, 5.41) is 8.05. The topological polar surface area (TPSA) is 69.2 Å². The van der Waals surface area contributed by atoms with E-state index in [0.717, 1.165) is 49.9 Å². The molecule has 0 bridgehead atoms. The molecular formula is C14H19N5O. The lowest BCUT2D eigenvalue weighted by Gasteiger charge is -2.26. The van der Waals surface area contributed by atoms with Crippen LogP contribution in [0.25, 0.3) is 0 Å². The lowest BCUT2D eigenvalue weighted by Crippen LogP contribution is -2.34. The Bertz CT molecular complexity index is 568. The van der Waals surface area contributed by atoms with Gasteiger partial charge in [0.05, 0.1) is 13.2 Å². The highest BCUT2D eigenvalue weighted by atomic mass is 16.5. The van der Waals surface area contributed by atoms with E-state index in [4.69, 9.17) is 10.5 Å². The number of fused-ring (bicyclic) bond motifs is 1. The van der Waals surface area contributed by atoms with Crippen LogP contribution in [0.2, 0.25) is 0 Å². The van der Waals surface area contributed by atoms with Gasteiger partial charge in [0.15, 0.2) is 0 Å². The van der Waals surface area contributed by atoms with Gasteiger partial charge in [-0.3, -0.25) is 4.90 Å². The van der Waals surface area contributed by atoms with Gasteiger partial charge in [-0.1, -0.05) is 6.07 Å². The molecule has 2 N–H and O–H groups in total. The van der Waals surface area contributed by atoms with Crippen LogP contribution in [0.3, 0.4) is 0 Å². The first kappa shape index (κ1) is 12.9. The average molecular weight is 273 g/mol. The standard InChI is InChI=1S/C14H19N5O/c15-12-3-1-4-13(9-12)20-8-2-5-18-6-7-19-11-16-17-14(19)10-18/h1,3-4,9,11H,2,5-8,10,15H2. The smallest absolute Gasteiger partial charge is 0.147 e. The highest BCUT2D eigenvalue weighted by molar-refractivity contribution is 5.43. The second kappa shape index (κ2) is 5.92. The summed E-state index contributed by atoms with van der Waals surface area (Å²) in [6.45, 7) is 4.60. The fraction of sp³-hybridized carbons (Fsp3) is 0.429. The molecule has 2 heterocycles. The van der Waals surface area contributed by atoms with E-state index in [-0.39, 0.29) is 0 Å². The first-order valence-electron chi connectivity index (χ1n) is 6.88. The Hall–Kier alpha value is -2.08. The van der Waals surface area contributed by atoms with Crippen molar-refractivity contribution in [3.8, 4) is 5.75 Å². The fourth-order valence-corrected chi connectivity index (χ4v) is 2.39. The first-order valence-corrected chi connectivity index (χ1v) is 6.88. The normalized spacial score (nSPS) is 15.0. The summed E-state index contributed by atoms with van der Waals surface area (Å²) in [6, 6.07) is 7.54. The van der Waals surface area contributed by atoms with Crippen molar-refractivity contribution >= 4 is 5.69 Å². The molecule has 1 aliphatic heterocycles. The van der Waals surface area contributed by atoms with Crippen molar-refractivity contribution in [2.24, 2.45) is 0 Å². The van der Waals surface area contributed by atoms with E-state index in [1.165, 1.54) is 0 Å². The van der Waals surface area contributed by atoms with Crippen LogP contribution in [-0.2, 0) is 13.1 Å². The molecule has 1 aromatic heterocycles. The van der Waals surface area contributed by atoms with Crippen molar-refractivity contribution in [3.63, 3.8) is 0 Å². The summed E-state index contributed by atoms with van der Waals surface area (Å²) in [5.74, 6) is 1.89. The van der Waals surface area contributed by atoms with Crippen molar-refractivity contribution in [2.45, 2.75) is 19.5 Å². The molecule has 0 radical (unpaired) electrons. The van der Waals surface area contributed by atoms with Gasteiger partial charge in [0.1, 0.15) is 17.9 Å². The highest BCUT2D eigenvalue weighted by Gasteiger charge is 2.16. The number of benzene rings is 1. The Kier molecular flexibility index (Phi) is 3.83. The minimum Gasteiger partial charge on any atom is -0.493 e. The van der Waals surface area contributed by atoms with Crippen LogP contribution in [0, 0.1) is 0 Å². The Balaban J connectivity index is 1.41. The van der Waals surface area contributed by atoms with E-state index in [9.17, 15) is 0 Å². The number of hydrogen-bond donors (Lipinski definition) is 1. The molecule has 0 amide bonds. The number of aromatic nitrogens is 3. The average Bonchev–Trinajstić information content (AvgIpc) is 2.91. The Morgan fingerprint density at radius 3 is 3.15 bits per heavy atom. The zero-order valence-corrected chi connectivity index (χ0v) is 11.4. The molecule has 3 rings (SSSR count). The van der Waals surface area contributed by atoms with Crippen LogP contribution in [0.4, 0.5) is 5.69 Å². The van der Waals surface area contributed by atoms with Crippen molar-refractivity contribution in [2.75, 3.05) is 25.4 Å². The molecule has 0 spiro atoms. The minimum atomic E-state index is 0.701. The molecule has 106 valence electrons. The highest BCUT2D eigenvalue weighted by Crippen LogP contribution is 2.15. The van der Waals surface area contributed by atoms with Crippen LogP contribution in [0.5, 0.6) is 5.75 Å². The van der Waals surface area contributed by atoms with E-state index < -0.39 is 0 Å². The third kappa shape index (κ3) is 3.08. The number of nitrogens with two attached hydrogens (primary N) is 1. The molecule has 1 aliphatic rings. The van der Waals surface area contributed by atoms with E-state index in [1.807, 2.05) is 24.3 Å². The first-order chi connectivity index (χ1) is 9.81. The summed E-state index contributed by atoms with van der Waals surface area (Å²) >= 11 is 0. The molecule has 1 aromatic carbocycles. The molecule has 0 aliphatic carbocycles. The quantitative estimate of drug-likeness (QED) is 0.653. The molecule has 20 heavy (non-hydrogen) atoms. The summed E-state index contributed by atoms with van der Waals surface area (Å²) < 4.78 is 7.80. The van der Waals surface area contributed by atoms with Crippen LogP contribution >= 0.6 is 0 Å². The van der Waals surface area contributed by atoms with Crippen LogP contribution in [0.15, 0.2) is 30.6 Å². The Morgan fingerprint density at radius 2 is 2.25 bits per heavy atom. The van der Waals surface area contributed by atoms with Gasteiger partial charge < -0.3 is 15.0 Å². The summed E-state index contributed by atoms with van der Waals surface area (Å²) in [4.78, 5) is 2.38. The molecular weight excluding hydrogens is 254 g/mol. The molecule has 0 saturated heterocycles. The molecule has 6 nitrogen and oxygen atoms in total. The zero-order valence-electron chi connectivity index (χ0n) is 11.4. The third-order valence-corrected chi connectivity index (χ3v) is 3.46. The second-order valence-electron chi connectivity index (χ2n) is 4.99. The Labute approximate surface area is 118 Å². The summed E-state index contributed by atoms with van der Waals surface area (Å²) in [7, 11) is 0. The number of nitrogens with zero attached hydrogens (tertiary/aromatic N) is 4. The van der Waals surface area contributed by atoms with Crippen molar-refractivity contribution in [1.29, 1.82) is 0 Å². The molecule has 6 heteroatoms. The largest absolute Gasteiger partial charge is 0.493 e. The maximum Gasteiger partial charge on any atom is 0.147 e. The monoisotopic (exact) mass is 273 g/mol. The number of rotatable bonds is 5. The SMILES string of the molecule is Nc1cccc(OCCCN2CCn3cnnc3C2)c1. The van der Waals surface area contributed by atoms with Crippen molar-refractivity contribution in [3.05, 3.63) is 36.4 Å². The maximum atomic E-state index is 5.71. The van der Waals surface area contributed by atoms with Crippen LogP contribution < -0.4 is 10.5 Å². The number of ether oxygens (including phenoxy) is 1. The fourth-order valence-electron chi connectivity index (χ4n) is 2.39. The van der Waals surface area contributed by atoms with E-state index in [2.05, 4.69) is 19.7 Å². The maximum absolute atomic E-state index is 5.71. The van der Waals surface area contributed by atoms with Gasteiger partial charge >= 0.3 is 0 Å². The van der Waals surface area contributed by atoms with E-state index in [0.29, 0.717) is 6.61 Å². The third-order valence-electron chi connectivity index (χ3n) is 3.46. The van der Waals surface area contributed by atoms with Gasteiger partial charge in [-0.15, -0.1) is 10.2 Å². The van der Waals surface area contributed by atoms with Gasteiger partial charge in [-0.05, 0) is 18.6 Å². The molecule has 0 atom stereocenters.